The quantitative estimate of drug-likeness (QED) is 0.448. The van der Waals surface area contributed by atoms with Gasteiger partial charge in [-0.3, -0.25) is 4.79 Å². The molecule has 196 valence electrons. The van der Waals surface area contributed by atoms with Gasteiger partial charge < -0.3 is 15.4 Å². The van der Waals surface area contributed by atoms with E-state index < -0.39 is 6.17 Å². The number of halogens is 1. The summed E-state index contributed by atoms with van der Waals surface area (Å²) in [6, 6.07) is 19.9. The van der Waals surface area contributed by atoms with E-state index >= 15 is 0 Å². The number of amides is 1. The van der Waals surface area contributed by atoms with Crippen molar-refractivity contribution in [1.82, 2.24) is 4.90 Å². The van der Waals surface area contributed by atoms with E-state index in [0.717, 1.165) is 23.0 Å². The van der Waals surface area contributed by atoms with Gasteiger partial charge in [-0.2, -0.15) is 17.0 Å². The number of para-hydroxylation sites is 1. The van der Waals surface area contributed by atoms with Crippen LogP contribution in [0.5, 0.6) is 11.5 Å². The van der Waals surface area contributed by atoms with Crippen LogP contribution in [-0.2, 0) is 10.5 Å². The number of rotatable bonds is 6. The Hall–Kier alpha value is -2.56. The van der Waals surface area contributed by atoms with Crippen molar-refractivity contribution in [2.24, 2.45) is 5.73 Å². The summed E-state index contributed by atoms with van der Waals surface area (Å²) in [7, 11) is 0. The first-order valence-corrected chi connectivity index (χ1v) is 13.4. The maximum absolute atomic E-state index is 12.7. The zero-order valence-electron chi connectivity index (χ0n) is 22.5. The van der Waals surface area contributed by atoms with E-state index in [0.29, 0.717) is 6.42 Å². The maximum Gasteiger partial charge on any atom is 0.236 e. The predicted octanol–water partition coefficient (Wildman–Crippen LogP) is 7.22. The molecule has 0 aliphatic carbocycles. The molecule has 0 aromatic heterocycles. The molecule has 35 heavy (non-hydrogen) atoms. The zero-order chi connectivity index (χ0) is 27.1. The number of nitriles is 1. The lowest BCUT2D eigenvalue weighted by Crippen LogP contribution is -2.38. The molecule has 0 spiro atoms. The molecule has 5 nitrogen and oxygen atoms in total. The third kappa shape index (κ3) is 15.9. The van der Waals surface area contributed by atoms with Gasteiger partial charge in [-0.05, 0) is 42.5 Å². The van der Waals surface area contributed by atoms with Crippen LogP contribution in [0.1, 0.15) is 60.5 Å². The first kappa shape index (κ1) is 34.6. The number of thioether (sulfide) groups is 1. The average Bonchev–Trinajstić information content (AvgIpc) is 3.24. The second-order valence-electron chi connectivity index (χ2n) is 6.86. The van der Waals surface area contributed by atoms with E-state index in [-0.39, 0.29) is 25.0 Å². The molecule has 2 aromatic rings. The largest absolute Gasteiger partial charge is 0.457 e. The third-order valence-electron chi connectivity index (χ3n) is 4.37. The number of carbonyl (C=O) groups is 1. The van der Waals surface area contributed by atoms with Crippen LogP contribution in [0.2, 0.25) is 0 Å². The highest BCUT2D eigenvalue weighted by Crippen LogP contribution is 2.23. The Bertz CT molecular complexity index is 815. The Morgan fingerprint density at radius 2 is 1.71 bits per heavy atom. The second kappa shape index (κ2) is 23.2. The topological polar surface area (TPSA) is 79.4 Å². The van der Waals surface area contributed by atoms with E-state index in [1.54, 1.807) is 6.07 Å². The monoisotopic (exact) mass is 505 g/mol. The summed E-state index contributed by atoms with van der Waals surface area (Å²) < 4.78 is 18.5. The highest BCUT2D eigenvalue weighted by Gasteiger charge is 2.31. The molecule has 1 heterocycles. The molecule has 0 bridgehead atoms. The SMILES string of the molecule is CC.CC.CC#N.CC1CC(F)CN1C(=O)CN.CCSCc1cccc(Oc2ccccc2)c1. The van der Waals surface area contributed by atoms with Crippen LogP contribution in [0.15, 0.2) is 54.6 Å². The van der Waals surface area contributed by atoms with Gasteiger partial charge in [0.15, 0.2) is 0 Å². The standard InChI is InChI=1S/C15H16OS.C7H13FN2O.C2H3N.2C2H6/c1-2-17-12-13-7-6-10-15(11-13)16-14-8-4-3-5-9-14;1-5-2-6(8)4-10(5)7(11)3-9;1-2-3;2*1-2/h3-11H,2,12H2,1H3;5-6H,2-4,9H2,1H3;1H3;2*1-2H3. The second-order valence-corrected chi connectivity index (χ2v) is 8.13. The Morgan fingerprint density at radius 3 is 2.20 bits per heavy atom. The first-order chi connectivity index (χ1) is 16.9. The molecule has 2 N–H and O–H groups in total. The van der Waals surface area contributed by atoms with Crippen molar-refractivity contribution < 1.29 is 13.9 Å². The molecular formula is C28H44FN3O2S. The Labute approximate surface area is 216 Å². The van der Waals surface area contributed by atoms with E-state index in [2.05, 4.69) is 19.1 Å². The maximum atomic E-state index is 12.7. The highest BCUT2D eigenvalue weighted by molar-refractivity contribution is 7.98. The van der Waals surface area contributed by atoms with Crippen LogP contribution < -0.4 is 10.5 Å². The van der Waals surface area contributed by atoms with Gasteiger partial charge in [-0.1, -0.05) is 65.0 Å². The minimum absolute atomic E-state index is 0.0149. The summed E-state index contributed by atoms with van der Waals surface area (Å²) in [5.74, 6) is 3.82. The van der Waals surface area contributed by atoms with Crippen LogP contribution in [0.4, 0.5) is 4.39 Å². The Balaban J connectivity index is 0. The van der Waals surface area contributed by atoms with Gasteiger partial charge in [-0.15, -0.1) is 0 Å². The van der Waals surface area contributed by atoms with Gasteiger partial charge in [0, 0.05) is 25.1 Å². The van der Waals surface area contributed by atoms with Crippen LogP contribution >= 0.6 is 11.8 Å². The molecule has 2 atom stereocenters. The van der Waals surface area contributed by atoms with Crippen molar-refractivity contribution in [1.29, 1.82) is 5.26 Å². The Morgan fingerprint density at radius 1 is 1.14 bits per heavy atom. The van der Waals surface area contributed by atoms with Crippen LogP contribution in [0, 0.1) is 11.3 Å². The summed E-state index contributed by atoms with van der Waals surface area (Å²) in [5, 5.41) is 7.32. The van der Waals surface area contributed by atoms with E-state index in [9.17, 15) is 9.18 Å². The van der Waals surface area contributed by atoms with Gasteiger partial charge in [0.2, 0.25) is 5.91 Å². The van der Waals surface area contributed by atoms with E-state index in [4.69, 9.17) is 15.7 Å². The minimum atomic E-state index is -0.861. The van der Waals surface area contributed by atoms with Crippen molar-refractivity contribution in [2.45, 2.75) is 72.9 Å². The summed E-state index contributed by atoms with van der Waals surface area (Å²) in [6.45, 7) is 13.6. The lowest BCUT2D eigenvalue weighted by Gasteiger charge is -2.19. The Kier molecular flexibility index (Phi) is 22.9. The fraction of sp³-hybridized carbons (Fsp3) is 0.500. The summed E-state index contributed by atoms with van der Waals surface area (Å²) in [6.07, 6.45) is -0.411. The molecule has 1 saturated heterocycles. The summed E-state index contributed by atoms with van der Waals surface area (Å²) in [5.41, 5.74) is 6.46. The first-order valence-electron chi connectivity index (χ1n) is 12.3. The number of nitrogens with zero attached hydrogens (tertiary/aromatic N) is 2. The zero-order valence-corrected chi connectivity index (χ0v) is 23.3. The predicted molar refractivity (Wildman–Crippen MR) is 149 cm³/mol. The number of hydrogen-bond donors (Lipinski definition) is 1. The van der Waals surface area contributed by atoms with Crippen LogP contribution in [-0.4, -0.2) is 41.9 Å². The van der Waals surface area contributed by atoms with Crippen molar-refractivity contribution >= 4 is 17.7 Å². The molecule has 1 aliphatic rings. The molecule has 1 amide bonds. The van der Waals surface area contributed by atoms with Crippen molar-refractivity contribution in [3.8, 4) is 17.6 Å². The normalized spacial score (nSPS) is 15.3. The fourth-order valence-corrected chi connectivity index (χ4v) is 3.59. The molecule has 0 radical (unpaired) electrons. The van der Waals surface area contributed by atoms with Gasteiger partial charge >= 0.3 is 0 Å². The number of hydrogen-bond acceptors (Lipinski definition) is 5. The van der Waals surface area contributed by atoms with Crippen LogP contribution in [0.3, 0.4) is 0 Å². The van der Waals surface area contributed by atoms with Gasteiger partial charge in [0.1, 0.15) is 17.7 Å². The molecular weight excluding hydrogens is 461 g/mol. The number of benzene rings is 2. The molecule has 1 aliphatic heterocycles. The third-order valence-corrected chi connectivity index (χ3v) is 5.31. The minimum Gasteiger partial charge on any atom is -0.457 e. The number of carbonyl (C=O) groups excluding carboxylic acids is 1. The molecule has 3 rings (SSSR count). The lowest BCUT2D eigenvalue weighted by atomic mass is 10.2. The highest BCUT2D eigenvalue weighted by atomic mass is 32.2. The van der Waals surface area contributed by atoms with Crippen molar-refractivity contribution in [3.05, 3.63) is 60.2 Å². The molecule has 2 aromatic carbocycles. The van der Waals surface area contributed by atoms with Crippen molar-refractivity contribution in [2.75, 3.05) is 18.8 Å². The van der Waals surface area contributed by atoms with Gasteiger partial charge in [0.05, 0.1) is 19.2 Å². The van der Waals surface area contributed by atoms with Gasteiger partial charge in [-0.25, -0.2) is 4.39 Å². The number of likely N-dealkylation sites (tertiary alicyclic amines) is 1. The van der Waals surface area contributed by atoms with Crippen LogP contribution in [0.25, 0.3) is 0 Å². The number of nitrogens with two attached hydrogens (primary N) is 1. The van der Waals surface area contributed by atoms with E-state index in [1.165, 1.54) is 17.4 Å². The van der Waals surface area contributed by atoms with Crippen molar-refractivity contribution in [3.63, 3.8) is 0 Å². The van der Waals surface area contributed by atoms with E-state index in [1.807, 2.05) is 88.8 Å². The number of ether oxygens (including phenoxy) is 1. The summed E-state index contributed by atoms with van der Waals surface area (Å²) >= 11 is 1.92. The van der Waals surface area contributed by atoms with Gasteiger partial charge in [0.25, 0.3) is 0 Å². The summed E-state index contributed by atoms with van der Waals surface area (Å²) in [4.78, 5) is 12.5. The lowest BCUT2D eigenvalue weighted by molar-refractivity contribution is -0.130. The molecule has 2 unspecified atom stereocenters. The average molecular weight is 506 g/mol. The smallest absolute Gasteiger partial charge is 0.236 e. The molecule has 7 heteroatoms. The fourth-order valence-electron chi connectivity index (χ4n) is 2.97. The molecule has 1 fully saturated rings. The number of alkyl halides is 1. The molecule has 0 saturated carbocycles.